The van der Waals surface area contributed by atoms with Crippen molar-refractivity contribution in [2.24, 2.45) is 0 Å². The minimum absolute atomic E-state index is 0.225. The summed E-state index contributed by atoms with van der Waals surface area (Å²) in [6, 6.07) is 8.86. The molecule has 0 saturated heterocycles. The topological polar surface area (TPSA) is 0 Å². The van der Waals surface area contributed by atoms with Crippen LogP contribution in [-0.4, -0.2) is 5.38 Å². The normalized spacial score (nSPS) is 21.4. The van der Waals surface area contributed by atoms with Crippen LogP contribution in [0.1, 0.15) is 43.7 Å². The van der Waals surface area contributed by atoms with Gasteiger partial charge in [-0.2, -0.15) is 0 Å². The summed E-state index contributed by atoms with van der Waals surface area (Å²) in [5, 5.41) is 0.225. The zero-order valence-electron chi connectivity index (χ0n) is 9.88. The molecule has 1 aromatic rings. The molecule has 1 aliphatic rings. The van der Waals surface area contributed by atoms with Crippen molar-refractivity contribution in [1.82, 2.24) is 0 Å². The lowest BCUT2D eigenvalue weighted by molar-refractivity contribution is 0.724. The van der Waals surface area contributed by atoms with Crippen molar-refractivity contribution in [3.05, 3.63) is 41.5 Å². The lowest BCUT2D eigenvalue weighted by Gasteiger charge is -2.08. The molecule has 0 N–H and O–H groups in total. The van der Waals surface area contributed by atoms with E-state index in [1.54, 1.807) is 0 Å². The standard InChI is InChI=1S/C15H19Cl/c1-2-12-6-5-8-13(10-12)14-7-3-4-9-15(16)11-14/h5-6,8,10-11,15H,2-4,7,9H2,1H3. The van der Waals surface area contributed by atoms with E-state index in [-0.39, 0.29) is 5.38 Å². The highest BCUT2D eigenvalue weighted by molar-refractivity contribution is 6.22. The summed E-state index contributed by atoms with van der Waals surface area (Å²) in [5.41, 5.74) is 4.22. The molecule has 0 radical (unpaired) electrons. The fraction of sp³-hybridized carbons (Fsp3) is 0.467. The quantitative estimate of drug-likeness (QED) is 0.644. The van der Waals surface area contributed by atoms with E-state index in [4.69, 9.17) is 11.6 Å². The third kappa shape index (κ3) is 2.89. The van der Waals surface area contributed by atoms with Crippen LogP contribution in [0.5, 0.6) is 0 Å². The highest BCUT2D eigenvalue weighted by Gasteiger charge is 2.11. The number of halogens is 1. The Morgan fingerprint density at radius 3 is 3.00 bits per heavy atom. The molecule has 0 fully saturated rings. The lowest BCUT2D eigenvalue weighted by atomic mass is 9.99. The smallest absolute Gasteiger partial charge is 0.0521 e. The van der Waals surface area contributed by atoms with Crippen molar-refractivity contribution in [2.45, 2.75) is 44.4 Å². The van der Waals surface area contributed by atoms with Crippen molar-refractivity contribution in [3.63, 3.8) is 0 Å². The number of rotatable bonds is 2. The van der Waals surface area contributed by atoms with Gasteiger partial charge in [0.2, 0.25) is 0 Å². The van der Waals surface area contributed by atoms with E-state index >= 15 is 0 Å². The van der Waals surface area contributed by atoms with Crippen LogP contribution in [0.15, 0.2) is 30.3 Å². The third-order valence-corrected chi connectivity index (χ3v) is 3.61. The lowest BCUT2D eigenvalue weighted by Crippen LogP contribution is -1.92. The summed E-state index contributed by atoms with van der Waals surface area (Å²) in [5.74, 6) is 0. The van der Waals surface area contributed by atoms with Gasteiger partial charge in [0, 0.05) is 0 Å². The number of alkyl halides is 1. The summed E-state index contributed by atoms with van der Waals surface area (Å²) in [6.07, 6.45) is 8.18. The summed E-state index contributed by atoms with van der Waals surface area (Å²) in [4.78, 5) is 0. The Labute approximate surface area is 103 Å². The average Bonchev–Trinajstić information content (AvgIpc) is 2.54. The molecule has 1 heteroatoms. The molecule has 2 rings (SSSR count). The van der Waals surface area contributed by atoms with Gasteiger partial charge >= 0.3 is 0 Å². The molecular weight excluding hydrogens is 216 g/mol. The second-order valence-corrected chi connectivity index (χ2v) is 5.07. The molecule has 0 spiro atoms. The van der Waals surface area contributed by atoms with E-state index in [0.717, 1.165) is 12.8 Å². The molecule has 1 aromatic carbocycles. The van der Waals surface area contributed by atoms with Gasteiger partial charge in [-0.15, -0.1) is 11.6 Å². The van der Waals surface area contributed by atoms with Gasteiger partial charge in [0.25, 0.3) is 0 Å². The van der Waals surface area contributed by atoms with Gasteiger partial charge in [0.05, 0.1) is 5.38 Å². The van der Waals surface area contributed by atoms with Crippen LogP contribution in [0.25, 0.3) is 5.57 Å². The minimum Gasteiger partial charge on any atom is -0.118 e. The predicted octanol–water partition coefficient (Wildman–Crippen LogP) is 4.81. The first-order valence-corrected chi connectivity index (χ1v) is 6.67. The molecule has 0 amide bonds. The van der Waals surface area contributed by atoms with Crippen molar-refractivity contribution in [1.29, 1.82) is 0 Å². The van der Waals surface area contributed by atoms with Gasteiger partial charge in [0.15, 0.2) is 0 Å². The highest BCUT2D eigenvalue weighted by atomic mass is 35.5. The maximum atomic E-state index is 6.26. The summed E-state index contributed by atoms with van der Waals surface area (Å²) >= 11 is 6.26. The second kappa shape index (κ2) is 5.54. The van der Waals surface area contributed by atoms with Crippen LogP contribution in [0, 0.1) is 0 Å². The Morgan fingerprint density at radius 1 is 1.31 bits per heavy atom. The third-order valence-electron chi connectivity index (χ3n) is 3.26. The molecule has 0 saturated carbocycles. The zero-order chi connectivity index (χ0) is 11.4. The van der Waals surface area contributed by atoms with E-state index in [2.05, 4.69) is 37.3 Å². The summed E-state index contributed by atoms with van der Waals surface area (Å²) in [6.45, 7) is 2.20. The first kappa shape index (κ1) is 11.7. The highest BCUT2D eigenvalue weighted by Crippen LogP contribution is 2.28. The predicted molar refractivity (Wildman–Crippen MR) is 71.9 cm³/mol. The molecular formula is C15H19Cl. The molecule has 0 heterocycles. The Balaban J connectivity index is 2.27. The average molecular weight is 235 g/mol. The fourth-order valence-corrected chi connectivity index (χ4v) is 2.58. The minimum atomic E-state index is 0.225. The van der Waals surface area contributed by atoms with Gasteiger partial charge in [-0.1, -0.05) is 43.7 Å². The molecule has 1 atom stereocenters. The van der Waals surface area contributed by atoms with E-state index < -0.39 is 0 Å². The van der Waals surface area contributed by atoms with Crippen LogP contribution in [0.4, 0.5) is 0 Å². The van der Waals surface area contributed by atoms with Gasteiger partial charge in [0.1, 0.15) is 0 Å². The van der Waals surface area contributed by atoms with E-state index in [1.807, 2.05) is 0 Å². The zero-order valence-corrected chi connectivity index (χ0v) is 10.6. The molecule has 0 bridgehead atoms. The Morgan fingerprint density at radius 2 is 2.19 bits per heavy atom. The van der Waals surface area contributed by atoms with E-state index in [9.17, 15) is 0 Å². The molecule has 1 unspecified atom stereocenters. The van der Waals surface area contributed by atoms with Crippen LogP contribution < -0.4 is 0 Å². The molecule has 0 nitrogen and oxygen atoms in total. The summed E-state index contributed by atoms with van der Waals surface area (Å²) in [7, 11) is 0. The molecule has 1 aliphatic carbocycles. The second-order valence-electron chi connectivity index (χ2n) is 4.51. The number of benzene rings is 1. The molecule has 0 aromatic heterocycles. The van der Waals surface area contributed by atoms with Gasteiger partial charge in [-0.25, -0.2) is 0 Å². The van der Waals surface area contributed by atoms with Crippen molar-refractivity contribution in [3.8, 4) is 0 Å². The number of aryl methyl sites for hydroxylation is 1. The van der Waals surface area contributed by atoms with Crippen molar-refractivity contribution < 1.29 is 0 Å². The monoisotopic (exact) mass is 234 g/mol. The Hall–Kier alpha value is -0.750. The number of allylic oxidation sites excluding steroid dienone is 2. The van der Waals surface area contributed by atoms with Crippen LogP contribution in [-0.2, 0) is 6.42 Å². The van der Waals surface area contributed by atoms with E-state index in [1.165, 1.54) is 36.0 Å². The Bertz CT molecular complexity index is 379. The van der Waals surface area contributed by atoms with E-state index in [0.29, 0.717) is 0 Å². The van der Waals surface area contributed by atoms with Crippen molar-refractivity contribution in [2.75, 3.05) is 0 Å². The maximum Gasteiger partial charge on any atom is 0.0521 e. The summed E-state index contributed by atoms with van der Waals surface area (Å²) < 4.78 is 0. The maximum absolute atomic E-state index is 6.26. The van der Waals surface area contributed by atoms with Crippen LogP contribution in [0.2, 0.25) is 0 Å². The molecule has 0 aliphatic heterocycles. The van der Waals surface area contributed by atoms with Gasteiger partial charge < -0.3 is 0 Å². The first-order valence-electron chi connectivity index (χ1n) is 6.23. The SMILES string of the molecule is CCc1cccc(C2=CC(Cl)CCCC2)c1. The van der Waals surface area contributed by atoms with Crippen LogP contribution >= 0.6 is 11.6 Å². The van der Waals surface area contributed by atoms with Gasteiger partial charge in [-0.05, 0) is 42.4 Å². The largest absolute Gasteiger partial charge is 0.118 e. The van der Waals surface area contributed by atoms with Crippen molar-refractivity contribution >= 4 is 17.2 Å². The number of hydrogen-bond acceptors (Lipinski definition) is 0. The van der Waals surface area contributed by atoms with Crippen LogP contribution in [0.3, 0.4) is 0 Å². The Kier molecular flexibility index (Phi) is 4.06. The fourth-order valence-electron chi connectivity index (χ4n) is 2.27. The number of hydrogen-bond donors (Lipinski definition) is 0. The first-order chi connectivity index (χ1) is 7.79. The van der Waals surface area contributed by atoms with Gasteiger partial charge in [-0.3, -0.25) is 0 Å². The molecule has 16 heavy (non-hydrogen) atoms. The molecule has 86 valence electrons.